The van der Waals surface area contributed by atoms with E-state index in [1.54, 1.807) is 23.1 Å². The zero-order valence-electron chi connectivity index (χ0n) is 19.2. The predicted molar refractivity (Wildman–Crippen MR) is 127 cm³/mol. The molecule has 2 heterocycles. The third kappa shape index (κ3) is 4.50. The molecule has 0 bridgehead atoms. The highest BCUT2D eigenvalue weighted by molar-refractivity contribution is 8.29. The van der Waals surface area contributed by atoms with Gasteiger partial charge in [0.15, 0.2) is 5.75 Å². The van der Waals surface area contributed by atoms with E-state index < -0.39 is 13.8 Å². The molecule has 0 fully saturated rings. The topological polar surface area (TPSA) is 39.9 Å². The van der Waals surface area contributed by atoms with Gasteiger partial charge in [0.1, 0.15) is 12.9 Å². The number of hydrogen-bond donors (Lipinski definition) is 0. The number of halogens is 2. The van der Waals surface area contributed by atoms with Gasteiger partial charge in [0, 0.05) is 22.7 Å². The van der Waals surface area contributed by atoms with Crippen molar-refractivity contribution in [2.24, 2.45) is 0 Å². The molecule has 0 aliphatic rings. The van der Waals surface area contributed by atoms with E-state index in [2.05, 4.69) is 51.6 Å². The Morgan fingerprint density at radius 3 is 2.23 bits per heavy atom. The molecule has 0 saturated carbocycles. The van der Waals surface area contributed by atoms with Crippen LogP contribution in [0.2, 0.25) is 16.6 Å². The van der Waals surface area contributed by atoms with Crippen LogP contribution in [0.1, 0.15) is 47.2 Å². The minimum atomic E-state index is -2.91. The summed E-state index contributed by atoms with van der Waals surface area (Å²) in [5.41, 5.74) is 3.83. The average Bonchev–Trinajstić information content (AvgIpc) is 3.02. The Kier molecular flexibility index (Phi) is 7.10. The van der Waals surface area contributed by atoms with Crippen molar-refractivity contribution >= 4 is 29.3 Å². The van der Waals surface area contributed by atoms with Gasteiger partial charge in [-0.15, -0.1) is 0 Å². The number of pyridine rings is 1. The van der Waals surface area contributed by atoms with Crippen LogP contribution in [0.5, 0.6) is 5.75 Å². The summed E-state index contributed by atoms with van der Waals surface area (Å²) in [5, 5.41) is 5.51. The summed E-state index contributed by atoms with van der Waals surface area (Å²) in [7, 11) is -1.80. The molecule has 0 aliphatic carbocycles. The number of benzene rings is 1. The van der Waals surface area contributed by atoms with Crippen LogP contribution in [0.3, 0.4) is 0 Å². The summed E-state index contributed by atoms with van der Waals surface area (Å²) in [6.45, 7) is 12.9. The molecule has 1 aromatic carbocycles. The van der Waals surface area contributed by atoms with Crippen LogP contribution in [0.25, 0.3) is 16.6 Å². The molecule has 0 saturated heterocycles. The number of alkyl halides is 2. The van der Waals surface area contributed by atoms with E-state index in [1.165, 1.54) is 0 Å². The number of ether oxygens (including phenoxy) is 1. The van der Waals surface area contributed by atoms with Gasteiger partial charge in [0.05, 0.1) is 11.2 Å². The van der Waals surface area contributed by atoms with Crippen molar-refractivity contribution in [3.05, 3.63) is 42.4 Å². The van der Waals surface area contributed by atoms with Crippen LogP contribution in [0.4, 0.5) is 8.78 Å². The third-order valence-corrected chi connectivity index (χ3v) is 18.3. The lowest BCUT2D eigenvalue weighted by molar-refractivity contribution is -0.0499. The largest absolute Gasteiger partial charge is 0.433 e. The lowest BCUT2D eigenvalue weighted by Crippen LogP contribution is -2.40. The number of rotatable bonds is 8. The molecule has 3 aromatic rings. The van der Waals surface area contributed by atoms with E-state index >= 15 is 0 Å². The van der Waals surface area contributed by atoms with Crippen molar-refractivity contribution in [3.63, 3.8) is 0 Å². The minimum Gasteiger partial charge on any atom is -0.433 e. The first-order valence-electron chi connectivity index (χ1n) is 10.7. The fourth-order valence-electron chi connectivity index (χ4n) is 4.77. The highest BCUT2D eigenvalue weighted by Crippen LogP contribution is 2.52. The fraction of sp³-hybridized carbons (Fsp3) is 0.478. The second-order valence-corrected chi connectivity index (χ2v) is 17.4. The predicted octanol–water partition coefficient (Wildman–Crippen LogP) is 7.60. The first kappa shape index (κ1) is 23.7. The van der Waals surface area contributed by atoms with E-state index in [0.29, 0.717) is 22.3 Å². The van der Waals surface area contributed by atoms with E-state index in [0.717, 1.165) is 21.5 Å². The molecule has 0 radical (unpaired) electrons. The lowest BCUT2D eigenvalue weighted by Gasteiger charge is -2.42. The van der Waals surface area contributed by atoms with Crippen LogP contribution in [-0.2, 0) is 0 Å². The van der Waals surface area contributed by atoms with Crippen LogP contribution < -0.4 is 4.74 Å². The van der Waals surface area contributed by atoms with Gasteiger partial charge in [-0.25, -0.2) is 4.68 Å². The highest BCUT2D eigenvalue weighted by atomic mass is 32.4. The van der Waals surface area contributed by atoms with Gasteiger partial charge in [0.25, 0.3) is 0 Å². The van der Waals surface area contributed by atoms with Gasteiger partial charge in [-0.3, -0.25) is 4.98 Å². The summed E-state index contributed by atoms with van der Waals surface area (Å²) in [4.78, 5) is 5.24. The second kappa shape index (κ2) is 9.28. The maximum atomic E-state index is 13.2. The first-order valence-corrected chi connectivity index (χ1v) is 14.4. The fourth-order valence-corrected chi connectivity index (χ4v) is 13.9. The number of aryl methyl sites for hydroxylation is 1. The zero-order chi connectivity index (χ0) is 22.9. The van der Waals surface area contributed by atoms with Gasteiger partial charge in [-0.2, -0.15) is 25.1 Å². The van der Waals surface area contributed by atoms with E-state index in [-0.39, 0.29) is 5.75 Å². The molecule has 31 heavy (non-hydrogen) atoms. The van der Waals surface area contributed by atoms with Crippen LogP contribution in [0, 0.1) is 6.92 Å². The summed E-state index contributed by atoms with van der Waals surface area (Å²) in [6, 6.07) is 7.34. The standard InChI is InChI=1S/C23H31F2N3OSSi/c1-14(2)31(15(3)4,16(5)6)30-18-8-9-22(29-23(24)25)21(12-18)28-20-10-11-26-13-19(20)17(7)27-28/h8-16,23H,1-7H3. The van der Waals surface area contributed by atoms with Crippen LogP contribution in [-0.4, -0.2) is 28.6 Å². The lowest BCUT2D eigenvalue weighted by atomic mass is 10.2. The Bertz CT molecular complexity index is 1030. The first-order chi connectivity index (χ1) is 14.6. The molecule has 8 heteroatoms. The molecule has 0 amide bonds. The van der Waals surface area contributed by atoms with Crippen molar-refractivity contribution in [2.45, 2.75) is 76.6 Å². The smallest absolute Gasteiger partial charge is 0.387 e. The van der Waals surface area contributed by atoms with Crippen molar-refractivity contribution < 1.29 is 13.5 Å². The molecule has 3 rings (SSSR count). The Balaban J connectivity index is 2.18. The van der Waals surface area contributed by atoms with Gasteiger partial charge < -0.3 is 4.74 Å². The molecular weight excluding hydrogens is 432 g/mol. The molecule has 0 N–H and O–H groups in total. The Labute approximate surface area is 188 Å². The molecule has 0 atom stereocenters. The molecule has 4 nitrogen and oxygen atoms in total. The molecule has 0 unspecified atom stereocenters. The molecular formula is C23H31F2N3OSSi. The van der Waals surface area contributed by atoms with Crippen molar-refractivity contribution in [1.82, 2.24) is 14.8 Å². The van der Waals surface area contributed by atoms with Gasteiger partial charge in [-0.1, -0.05) is 41.5 Å². The highest BCUT2D eigenvalue weighted by Gasteiger charge is 2.44. The number of hydrogen-bond acceptors (Lipinski definition) is 4. The van der Waals surface area contributed by atoms with Gasteiger partial charge >= 0.3 is 6.61 Å². The van der Waals surface area contributed by atoms with Crippen molar-refractivity contribution in [3.8, 4) is 11.4 Å². The summed E-state index contributed by atoms with van der Waals surface area (Å²) < 4.78 is 32.9. The van der Waals surface area contributed by atoms with Crippen LogP contribution in [0.15, 0.2) is 41.6 Å². The van der Waals surface area contributed by atoms with E-state index in [1.807, 2.05) is 36.3 Å². The van der Waals surface area contributed by atoms with Gasteiger partial charge in [0.2, 0.25) is 0 Å². The average molecular weight is 464 g/mol. The zero-order valence-corrected chi connectivity index (χ0v) is 21.0. The molecule has 0 spiro atoms. The van der Waals surface area contributed by atoms with E-state index in [4.69, 9.17) is 4.74 Å². The monoisotopic (exact) mass is 463 g/mol. The minimum absolute atomic E-state index is 0.117. The number of nitrogens with zero attached hydrogens (tertiary/aromatic N) is 3. The van der Waals surface area contributed by atoms with Crippen molar-refractivity contribution in [2.75, 3.05) is 0 Å². The van der Waals surface area contributed by atoms with Crippen molar-refractivity contribution in [1.29, 1.82) is 0 Å². The maximum Gasteiger partial charge on any atom is 0.387 e. The third-order valence-electron chi connectivity index (χ3n) is 6.04. The summed E-state index contributed by atoms with van der Waals surface area (Å²) >= 11 is 1.95. The SMILES string of the molecule is Cc1nn(-c2cc(S[Si](C(C)C)(C(C)C)C(C)C)ccc2OC(F)F)c2ccncc12. The van der Waals surface area contributed by atoms with E-state index in [9.17, 15) is 8.78 Å². The van der Waals surface area contributed by atoms with Gasteiger partial charge in [-0.05, 0) is 47.8 Å². The number of aromatic nitrogens is 3. The normalized spacial score (nSPS) is 12.7. The summed E-state index contributed by atoms with van der Waals surface area (Å²) in [6.07, 6.45) is 3.43. The summed E-state index contributed by atoms with van der Waals surface area (Å²) in [5.74, 6) is 0.117. The van der Waals surface area contributed by atoms with Crippen LogP contribution >= 0.6 is 11.2 Å². The number of fused-ring (bicyclic) bond motifs is 1. The maximum absolute atomic E-state index is 13.2. The Morgan fingerprint density at radius 1 is 1.00 bits per heavy atom. The second-order valence-electron chi connectivity index (χ2n) is 8.82. The quantitative estimate of drug-likeness (QED) is 0.323. The Morgan fingerprint density at radius 2 is 1.65 bits per heavy atom. The molecule has 0 aliphatic heterocycles. The Hall–Kier alpha value is -1.93. The molecule has 168 valence electrons. The molecule has 2 aromatic heterocycles.